The number of fused-ring (bicyclic) bond motifs is 1. The normalized spacial score (nSPS) is 18.8. The molecule has 0 bridgehead atoms. The maximum atomic E-state index is 14.1. The van der Waals surface area contributed by atoms with Gasteiger partial charge in [-0.15, -0.1) is 0 Å². The van der Waals surface area contributed by atoms with Crippen LogP contribution < -0.4 is 5.73 Å². The van der Waals surface area contributed by atoms with Gasteiger partial charge in [-0.1, -0.05) is 18.0 Å². The zero-order valence-electron chi connectivity index (χ0n) is 21.0. The van der Waals surface area contributed by atoms with Crippen molar-refractivity contribution in [1.82, 2.24) is 24.2 Å². The first-order valence-corrected chi connectivity index (χ1v) is 13.7. The molecule has 1 saturated carbocycles. The lowest BCUT2D eigenvalue weighted by Gasteiger charge is -2.35. The van der Waals surface area contributed by atoms with Crippen LogP contribution in [0.25, 0.3) is 11.2 Å². The molecule has 0 aromatic carbocycles. The Morgan fingerprint density at radius 3 is 2.60 bits per heavy atom. The van der Waals surface area contributed by atoms with Gasteiger partial charge in [0.15, 0.2) is 11.5 Å². The van der Waals surface area contributed by atoms with Gasteiger partial charge in [0.2, 0.25) is 0 Å². The molecule has 35 heavy (non-hydrogen) atoms. The molecule has 0 amide bonds. The van der Waals surface area contributed by atoms with E-state index in [0.29, 0.717) is 17.7 Å². The van der Waals surface area contributed by atoms with E-state index in [1.54, 1.807) is 24.7 Å². The predicted octanol–water partition coefficient (Wildman–Crippen LogP) is 3.73. The highest BCUT2D eigenvalue weighted by Gasteiger charge is 2.42. The summed E-state index contributed by atoms with van der Waals surface area (Å²) in [6.07, 6.45) is 6.50. The molecule has 13 heteroatoms. The summed E-state index contributed by atoms with van der Waals surface area (Å²) in [5.74, 6) is -0.531. The summed E-state index contributed by atoms with van der Waals surface area (Å²) in [6, 6.07) is -1.44. The molecule has 0 saturated heterocycles. The van der Waals surface area contributed by atoms with Crippen LogP contribution in [0.5, 0.6) is 0 Å². The smallest absolute Gasteiger partial charge is 0.367 e. The minimum atomic E-state index is -3.82. The number of oxime groups is 1. The third-order valence-electron chi connectivity index (χ3n) is 6.30. The number of imidazole rings is 1. The summed E-state index contributed by atoms with van der Waals surface area (Å²) in [5.41, 5.74) is 7.68. The van der Waals surface area contributed by atoms with Crippen LogP contribution in [0.15, 0.2) is 17.8 Å². The van der Waals surface area contributed by atoms with Crippen LogP contribution in [0.1, 0.15) is 60.3 Å². The Bertz CT molecular complexity index is 1100. The van der Waals surface area contributed by atoms with E-state index >= 15 is 0 Å². The van der Waals surface area contributed by atoms with E-state index in [0.717, 1.165) is 31.4 Å². The highest BCUT2D eigenvalue weighted by atomic mass is 31.2. The number of ether oxygens (including phenoxy) is 1. The molecule has 2 aromatic rings. The number of carboxylic acid groups (broad SMARTS) is 1. The van der Waals surface area contributed by atoms with E-state index in [-0.39, 0.29) is 24.1 Å². The lowest BCUT2D eigenvalue weighted by Crippen LogP contribution is -2.42. The van der Waals surface area contributed by atoms with E-state index in [2.05, 4.69) is 20.1 Å². The molecule has 3 N–H and O–H groups in total. The molecular weight excluding hydrogens is 473 g/mol. The first-order chi connectivity index (χ1) is 16.5. The van der Waals surface area contributed by atoms with Gasteiger partial charge < -0.3 is 24.8 Å². The Morgan fingerprint density at radius 1 is 1.29 bits per heavy atom. The molecule has 3 atom stereocenters. The first kappa shape index (κ1) is 27.0. The van der Waals surface area contributed by atoms with E-state index in [9.17, 15) is 14.5 Å². The lowest BCUT2D eigenvalue weighted by molar-refractivity contribution is -0.141. The highest BCUT2D eigenvalue weighted by Crippen LogP contribution is 2.54. The summed E-state index contributed by atoms with van der Waals surface area (Å²) in [7, 11) is -3.82. The Labute approximate surface area is 205 Å². The molecule has 1 aliphatic carbocycles. The van der Waals surface area contributed by atoms with Crippen LogP contribution >= 0.6 is 7.52 Å². The summed E-state index contributed by atoms with van der Waals surface area (Å²) >= 11 is 0. The number of carbonyl (C=O) groups is 1. The number of hydrogen-bond donors (Lipinski definition) is 2. The average Bonchev–Trinajstić information content (AvgIpc) is 3.47. The molecule has 0 aliphatic heterocycles. The van der Waals surface area contributed by atoms with E-state index < -0.39 is 25.6 Å². The fourth-order valence-corrected chi connectivity index (χ4v) is 6.73. The zero-order valence-corrected chi connectivity index (χ0v) is 21.9. The molecule has 194 valence electrons. The largest absolute Gasteiger partial charge is 0.480 e. The molecule has 1 fully saturated rings. The van der Waals surface area contributed by atoms with Crippen molar-refractivity contribution in [3.8, 4) is 0 Å². The van der Waals surface area contributed by atoms with E-state index in [1.807, 2.05) is 13.8 Å². The van der Waals surface area contributed by atoms with Gasteiger partial charge in [-0.05, 0) is 47.5 Å². The Balaban J connectivity index is 1.79. The van der Waals surface area contributed by atoms with Gasteiger partial charge in [-0.2, -0.15) is 0 Å². The number of hydrogen-bond acceptors (Lipinski definition) is 9. The fourth-order valence-electron chi connectivity index (χ4n) is 4.44. The first-order valence-electron chi connectivity index (χ1n) is 11.9. The number of rotatable bonds is 12. The van der Waals surface area contributed by atoms with Gasteiger partial charge >= 0.3 is 13.5 Å². The van der Waals surface area contributed by atoms with Gasteiger partial charge in [0.1, 0.15) is 24.2 Å². The second-order valence-corrected chi connectivity index (χ2v) is 11.5. The Morgan fingerprint density at radius 2 is 1.97 bits per heavy atom. The van der Waals surface area contributed by atoms with Crippen molar-refractivity contribution in [1.29, 1.82) is 0 Å². The minimum Gasteiger partial charge on any atom is -0.480 e. The van der Waals surface area contributed by atoms with Crippen LogP contribution in [-0.2, 0) is 25.3 Å². The monoisotopic (exact) mass is 509 g/mol. The third kappa shape index (κ3) is 6.36. The van der Waals surface area contributed by atoms with Gasteiger partial charge in [-0.3, -0.25) is 9.36 Å². The molecule has 2 heterocycles. The third-order valence-corrected chi connectivity index (χ3v) is 8.62. The maximum absolute atomic E-state index is 14.1. The summed E-state index contributed by atoms with van der Waals surface area (Å²) in [6.45, 7) is 9.06. The summed E-state index contributed by atoms with van der Waals surface area (Å²) < 4.78 is 28.9. The number of carboxylic acids is 1. The topological polar surface area (TPSA) is 158 Å². The van der Waals surface area contributed by atoms with Crippen molar-refractivity contribution in [3.63, 3.8) is 0 Å². The molecule has 2 aromatic heterocycles. The fraction of sp³-hybridized carbons (Fsp3) is 0.682. The van der Waals surface area contributed by atoms with Crippen LogP contribution in [-0.4, -0.2) is 65.5 Å². The molecular formula is C22H36N7O5P. The predicted molar refractivity (Wildman–Crippen MR) is 133 cm³/mol. The van der Waals surface area contributed by atoms with E-state index in [4.69, 9.17) is 15.1 Å². The summed E-state index contributed by atoms with van der Waals surface area (Å²) in [5, 5.41) is 13.9. The lowest BCUT2D eigenvalue weighted by atomic mass is 10.0. The maximum Gasteiger partial charge on any atom is 0.367 e. The van der Waals surface area contributed by atoms with Crippen molar-refractivity contribution in [2.75, 3.05) is 12.1 Å². The van der Waals surface area contributed by atoms with Gasteiger partial charge in [0.25, 0.3) is 0 Å². The van der Waals surface area contributed by atoms with Gasteiger partial charge in [0.05, 0.1) is 24.7 Å². The number of nitrogens with zero attached hydrogens (tertiary/aromatic N) is 6. The SMILES string of the molecule is C/C(=N\OP(=O)(CO[C@H](C)Cn1cnc2c(N)ncnc21)N(C(C)C)[C@@H](C)C(=O)O)C1CCCC1. The molecule has 1 unspecified atom stereocenters. The minimum absolute atomic E-state index is 0.283. The van der Waals surface area contributed by atoms with E-state index in [1.165, 1.54) is 17.9 Å². The van der Waals surface area contributed by atoms with Crippen molar-refractivity contribution in [2.24, 2.45) is 11.1 Å². The van der Waals surface area contributed by atoms with Crippen LogP contribution in [0.4, 0.5) is 5.82 Å². The molecule has 0 spiro atoms. The molecule has 0 radical (unpaired) electrons. The number of nitrogens with two attached hydrogens (primary N) is 1. The van der Waals surface area contributed by atoms with Crippen molar-refractivity contribution < 1.29 is 23.8 Å². The quantitative estimate of drug-likeness (QED) is 0.245. The van der Waals surface area contributed by atoms with Crippen molar-refractivity contribution in [2.45, 2.75) is 85.0 Å². The van der Waals surface area contributed by atoms with Crippen molar-refractivity contribution in [3.05, 3.63) is 12.7 Å². The Hall–Kier alpha value is -2.56. The Kier molecular flexibility index (Phi) is 8.84. The zero-order chi connectivity index (χ0) is 25.8. The van der Waals surface area contributed by atoms with Crippen LogP contribution in [0.3, 0.4) is 0 Å². The second kappa shape index (κ2) is 11.5. The highest BCUT2D eigenvalue weighted by molar-refractivity contribution is 7.56. The average molecular weight is 510 g/mol. The van der Waals surface area contributed by atoms with Gasteiger partial charge in [0, 0.05) is 12.0 Å². The number of anilines is 1. The number of aromatic nitrogens is 4. The van der Waals surface area contributed by atoms with Crippen LogP contribution in [0, 0.1) is 5.92 Å². The van der Waals surface area contributed by atoms with Crippen molar-refractivity contribution >= 4 is 36.2 Å². The number of nitrogen functional groups attached to an aromatic ring is 1. The second-order valence-electron chi connectivity index (χ2n) is 9.36. The van der Waals surface area contributed by atoms with Gasteiger partial charge in [-0.25, -0.2) is 19.6 Å². The molecule has 1 aliphatic rings. The molecule has 3 rings (SSSR count). The van der Waals surface area contributed by atoms with Crippen LogP contribution in [0.2, 0.25) is 0 Å². The number of aliphatic carboxylic acids is 1. The standard InChI is InChI=1S/C22H36N7O5P/c1-14(2)29(17(5)22(30)31)35(32,34-27-16(4)18-8-6-7-9-18)13-33-15(3)10-28-12-26-19-20(23)24-11-25-21(19)28/h11-12,14-15,17-18H,6-10,13H2,1-5H3,(H,30,31)(H2,23,24,25)/b27-16+/t15-,17+,35?/m1/s1. The summed E-state index contributed by atoms with van der Waals surface area (Å²) in [4.78, 5) is 24.2. The molecule has 12 nitrogen and oxygen atoms in total.